The van der Waals surface area contributed by atoms with Crippen LogP contribution in [0.5, 0.6) is 0 Å². The molecular formula is C10H11ClN4OS. The van der Waals surface area contributed by atoms with Crippen molar-refractivity contribution in [3.05, 3.63) is 23.4 Å². The van der Waals surface area contributed by atoms with Crippen molar-refractivity contribution in [1.29, 1.82) is 0 Å². The van der Waals surface area contributed by atoms with Crippen LogP contribution in [0.2, 0.25) is 5.02 Å². The van der Waals surface area contributed by atoms with Crippen molar-refractivity contribution < 1.29 is 4.74 Å². The molecule has 1 N–H and O–H groups in total. The first-order valence-electron chi connectivity index (χ1n) is 4.98. The van der Waals surface area contributed by atoms with Crippen LogP contribution in [0.15, 0.2) is 18.3 Å². The maximum atomic E-state index is 6.02. The standard InChI is InChI=1S/C10H11ClN4OS/c1-16-6-5-13-10-14-9(15-17-10)8-7(11)3-2-4-12-8/h2-4H,5-6H2,1H3,(H,13,14,15). The van der Waals surface area contributed by atoms with Crippen LogP contribution in [0.3, 0.4) is 0 Å². The molecule has 17 heavy (non-hydrogen) atoms. The number of nitrogens with one attached hydrogen (secondary N) is 1. The quantitative estimate of drug-likeness (QED) is 0.845. The SMILES string of the molecule is COCCNc1nc(-c2ncccc2Cl)ns1. The number of ether oxygens (including phenoxy) is 1. The summed E-state index contributed by atoms with van der Waals surface area (Å²) in [7, 11) is 1.65. The van der Waals surface area contributed by atoms with E-state index in [0.717, 1.165) is 5.13 Å². The lowest BCUT2D eigenvalue weighted by Crippen LogP contribution is -2.07. The van der Waals surface area contributed by atoms with Crippen molar-refractivity contribution in [2.24, 2.45) is 0 Å². The Morgan fingerprint density at radius 1 is 1.53 bits per heavy atom. The van der Waals surface area contributed by atoms with Gasteiger partial charge in [-0.05, 0) is 12.1 Å². The predicted octanol–water partition coefficient (Wildman–Crippen LogP) is 2.31. The van der Waals surface area contributed by atoms with Gasteiger partial charge in [-0.25, -0.2) is 0 Å². The number of nitrogens with zero attached hydrogens (tertiary/aromatic N) is 3. The van der Waals surface area contributed by atoms with E-state index >= 15 is 0 Å². The van der Waals surface area contributed by atoms with Crippen molar-refractivity contribution in [3.8, 4) is 11.5 Å². The Bertz CT molecular complexity index is 491. The van der Waals surface area contributed by atoms with Gasteiger partial charge in [-0.3, -0.25) is 4.98 Å². The highest BCUT2D eigenvalue weighted by Gasteiger charge is 2.10. The predicted molar refractivity (Wildman–Crippen MR) is 68.5 cm³/mol. The maximum Gasteiger partial charge on any atom is 0.203 e. The third kappa shape index (κ3) is 3.12. The van der Waals surface area contributed by atoms with Gasteiger partial charge in [0, 0.05) is 31.4 Å². The summed E-state index contributed by atoms with van der Waals surface area (Å²) < 4.78 is 9.14. The molecule has 0 amide bonds. The molecule has 0 aliphatic carbocycles. The van der Waals surface area contributed by atoms with Gasteiger partial charge in [-0.2, -0.15) is 9.36 Å². The van der Waals surface area contributed by atoms with Gasteiger partial charge < -0.3 is 10.1 Å². The van der Waals surface area contributed by atoms with Gasteiger partial charge in [0.1, 0.15) is 5.69 Å². The Balaban J connectivity index is 2.10. The summed E-state index contributed by atoms with van der Waals surface area (Å²) >= 11 is 7.29. The molecule has 2 rings (SSSR count). The molecule has 7 heteroatoms. The summed E-state index contributed by atoms with van der Waals surface area (Å²) in [6, 6.07) is 3.54. The van der Waals surface area contributed by atoms with E-state index in [0.29, 0.717) is 29.7 Å². The van der Waals surface area contributed by atoms with E-state index in [9.17, 15) is 0 Å². The number of hydrogen-bond donors (Lipinski definition) is 1. The zero-order valence-corrected chi connectivity index (χ0v) is 10.8. The van der Waals surface area contributed by atoms with E-state index in [1.165, 1.54) is 11.5 Å². The lowest BCUT2D eigenvalue weighted by molar-refractivity contribution is 0.211. The summed E-state index contributed by atoms with van der Waals surface area (Å²) in [5.74, 6) is 0.542. The number of anilines is 1. The molecule has 0 unspecified atom stereocenters. The second-order valence-corrected chi connectivity index (χ2v) is 4.34. The Morgan fingerprint density at radius 2 is 2.41 bits per heavy atom. The van der Waals surface area contributed by atoms with Gasteiger partial charge in [-0.15, -0.1) is 0 Å². The summed E-state index contributed by atoms with van der Waals surface area (Å²) in [6.07, 6.45) is 1.67. The summed E-state index contributed by atoms with van der Waals surface area (Å²) in [5, 5.41) is 4.39. The van der Waals surface area contributed by atoms with Crippen molar-refractivity contribution in [2.45, 2.75) is 0 Å². The number of hydrogen-bond acceptors (Lipinski definition) is 6. The van der Waals surface area contributed by atoms with Gasteiger partial charge in [0.05, 0.1) is 11.6 Å². The second kappa shape index (κ2) is 5.90. The molecule has 5 nitrogen and oxygen atoms in total. The number of rotatable bonds is 5. The highest BCUT2D eigenvalue weighted by molar-refractivity contribution is 7.09. The number of methoxy groups -OCH3 is 1. The molecule has 0 aromatic carbocycles. The van der Waals surface area contributed by atoms with Crippen LogP contribution in [-0.4, -0.2) is 34.6 Å². The number of pyridine rings is 1. The Kier molecular flexibility index (Phi) is 4.24. The zero-order chi connectivity index (χ0) is 12.1. The van der Waals surface area contributed by atoms with Crippen LogP contribution < -0.4 is 5.32 Å². The van der Waals surface area contributed by atoms with Crippen LogP contribution >= 0.6 is 23.1 Å². The van der Waals surface area contributed by atoms with E-state index in [4.69, 9.17) is 16.3 Å². The third-order valence-corrected chi connectivity index (χ3v) is 2.96. The normalized spacial score (nSPS) is 10.5. The third-order valence-electron chi connectivity index (χ3n) is 1.98. The lowest BCUT2D eigenvalue weighted by atomic mass is 10.3. The van der Waals surface area contributed by atoms with E-state index in [2.05, 4.69) is 19.7 Å². The number of halogens is 1. The first kappa shape index (κ1) is 12.2. The van der Waals surface area contributed by atoms with Crippen molar-refractivity contribution >= 4 is 28.3 Å². The smallest absolute Gasteiger partial charge is 0.203 e. The minimum Gasteiger partial charge on any atom is -0.383 e. The molecule has 0 saturated carbocycles. The molecule has 2 aromatic rings. The van der Waals surface area contributed by atoms with E-state index in [1.807, 2.05) is 0 Å². The monoisotopic (exact) mass is 270 g/mol. The minimum atomic E-state index is 0.542. The molecule has 2 aromatic heterocycles. The van der Waals surface area contributed by atoms with Gasteiger partial charge in [0.25, 0.3) is 0 Å². The fraction of sp³-hybridized carbons (Fsp3) is 0.300. The fourth-order valence-electron chi connectivity index (χ4n) is 1.20. The van der Waals surface area contributed by atoms with Crippen molar-refractivity contribution in [3.63, 3.8) is 0 Å². The highest BCUT2D eigenvalue weighted by atomic mass is 35.5. The molecule has 0 spiro atoms. The Hall–Kier alpha value is -1.24. The van der Waals surface area contributed by atoms with Crippen LogP contribution in [0.25, 0.3) is 11.5 Å². The Morgan fingerprint density at radius 3 is 3.18 bits per heavy atom. The summed E-state index contributed by atoms with van der Waals surface area (Å²) in [6.45, 7) is 1.32. The van der Waals surface area contributed by atoms with Gasteiger partial charge in [0.2, 0.25) is 5.13 Å². The molecule has 90 valence electrons. The lowest BCUT2D eigenvalue weighted by Gasteiger charge is -1.99. The molecule has 0 aliphatic heterocycles. The maximum absolute atomic E-state index is 6.02. The summed E-state index contributed by atoms with van der Waals surface area (Å²) in [5.41, 5.74) is 0.602. The average Bonchev–Trinajstić information content (AvgIpc) is 2.79. The highest BCUT2D eigenvalue weighted by Crippen LogP contribution is 2.25. The largest absolute Gasteiger partial charge is 0.383 e. The zero-order valence-electron chi connectivity index (χ0n) is 9.18. The minimum absolute atomic E-state index is 0.542. The molecule has 0 saturated heterocycles. The van der Waals surface area contributed by atoms with Crippen LogP contribution in [0, 0.1) is 0 Å². The van der Waals surface area contributed by atoms with Gasteiger partial charge in [0.15, 0.2) is 5.82 Å². The topological polar surface area (TPSA) is 59.9 Å². The van der Waals surface area contributed by atoms with Gasteiger partial charge >= 0.3 is 0 Å². The van der Waals surface area contributed by atoms with Crippen LogP contribution in [0.4, 0.5) is 5.13 Å². The van der Waals surface area contributed by atoms with Crippen LogP contribution in [-0.2, 0) is 4.74 Å². The fourth-order valence-corrected chi connectivity index (χ4v) is 2.00. The molecule has 0 aliphatic rings. The first-order valence-corrected chi connectivity index (χ1v) is 6.14. The average molecular weight is 271 g/mol. The first-order chi connectivity index (χ1) is 8.31. The summed E-state index contributed by atoms with van der Waals surface area (Å²) in [4.78, 5) is 8.46. The van der Waals surface area contributed by atoms with E-state index < -0.39 is 0 Å². The van der Waals surface area contributed by atoms with E-state index in [-0.39, 0.29) is 0 Å². The molecule has 0 radical (unpaired) electrons. The van der Waals surface area contributed by atoms with Crippen molar-refractivity contribution in [2.75, 3.05) is 25.6 Å². The Labute approximate surface area is 108 Å². The van der Waals surface area contributed by atoms with Gasteiger partial charge in [-0.1, -0.05) is 11.6 Å². The molecule has 2 heterocycles. The van der Waals surface area contributed by atoms with Crippen molar-refractivity contribution in [1.82, 2.24) is 14.3 Å². The van der Waals surface area contributed by atoms with E-state index in [1.54, 1.807) is 25.4 Å². The number of aromatic nitrogens is 3. The molecule has 0 fully saturated rings. The molecule has 0 bridgehead atoms. The second-order valence-electron chi connectivity index (χ2n) is 3.18. The molecular weight excluding hydrogens is 260 g/mol. The molecule has 0 atom stereocenters. The van der Waals surface area contributed by atoms with Crippen LogP contribution in [0.1, 0.15) is 0 Å².